The van der Waals surface area contributed by atoms with Crippen LogP contribution < -0.4 is 10.2 Å². The Morgan fingerprint density at radius 3 is 2.76 bits per heavy atom. The van der Waals surface area contributed by atoms with Gasteiger partial charge in [-0.25, -0.2) is 0 Å². The number of hydrogen-bond acceptors (Lipinski definition) is 6. The van der Waals surface area contributed by atoms with Crippen molar-refractivity contribution in [3.05, 3.63) is 89.1 Å². The van der Waals surface area contributed by atoms with Crippen LogP contribution in [-0.2, 0) is 11.3 Å². The molecule has 0 fully saturated rings. The van der Waals surface area contributed by atoms with Crippen molar-refractivity contribution < 1.29 is 14.0 Å². The molecule has 1 N–H and O–H groups in total. The molecule has 2 aromatic heterocycles. The first-order valence-electron chi connectivity index (χ1n) is 10.4. The molecule has 4 rings (SSSR count). The second-order valence-corrected chi connectivity index (χ2v) is 8.79. The molecule has 0 saturated carbocycles. The standard InChI is InChI=1S/C24H22ClN5O3S/c1-16-9-10-17(12-20(16)25)30-15-27-28-24(30)34-14-22(31)29(2)21-8-4-3-7-19(21)23(32)26-13-18-6-5-11-33-18/h3-12,15H,13-14H2,1-2H3,(H,26,32). The first-order chi connectivity index (χ1) is 16.4. The molecule has 2 heterocycles. The van der Waals surface area contributed by atoms with Gasteiger partial charge in [0, 0.05) is 12.1 Å². The van der Waals surface area contributed by atoms with Crippen LogP contribution in [0.3, 0.4) is 0 Å². The number of halogens is 1. The van der Waals surface area contributed by atoms with E-state index in [0.29, 0.717) is 27.2 Å². The summed E-state index contributed by atoms with van der Waals surface area (Å²) < 4.78 is 7.03. The molecule has 0 saturated heterocycles. The molecular formula is C24H22ClN5O3S. The molecule has 0 aliphatic rings. The highest BCUT2D eigenvalue weighted by Gasteiger charge is 2.20. The van der Waals surface area contributed by atoms with Crippen LogP contribution in [0.15, 0.2) is 76.8 Å². The van der Waals surface area contributed by atoms with Crippen molar-refractivity contribution in [3.63, 3.8) is 0 Å². The number of aromatic nitrogens is 3. The average molecular weight is 496 g/mol. The molecule has 0 radical (unpaired) electrons. The zero-order valence-corrected chi connectivity index (χ0v) is 20.1. The van der Waals surface area contributed by atoms with E-state index in [1.54, 1.807) is 60.6 Å². The van der Waals surface area contributed by atoms with Crippen molar-refractivity contribution in [3.8, 4) is 5.69 Å². The van der Waals surface area contributed by atoms with Crippen molar-refractivity contribution in [2.75, 3.05) is 17.7 Å². The number of carbonyl (C=O) groups is 2. The monoisotopic (exact) mass is 495 g/mol. The topological polar surface area (TPSA) is 93.3 Å². The summed E-state index contributed by atoms with van der Waals surface area (Å²) in [6.45, 7) is 2.18. The molecule has 2 amide bonds. The predicted molar refractivity (Wildman–Crippen MR) is 132 cm³/mol. The van der Waals surface area contributed by atoms with Crippen molar-refractivity contribution in [1.82, 2.24) is 20.1 Å². The molecule has 0 bridgehead atoms. The number of aryl methyl sites for hydroxylation is 1. The van der Waals surface area contributed by atoms with E-state index in [9.17, 15) is 9.59 Å². The van der Waals surface area contributed by atoms with Crippen molar-refractivity contribution in [2.45, 2.75) is 18.6 Å². The van der Waals surface area contributed by atoms with Crippen LogP contribution in [0.25, 0.3) is 5.69 Å². The van der Waals surface area contributed by atoms with Crippen molar-refractivity contribution in [1.29, 1.82) is 0 Å². The number of thioether (sulfide) groups is 1. The Balaban J connectivity index is 1.44. The largest absolute Gasteiger partial charge is 0.467 e. The Morgan fingerprint density at radius 1 is 1.18 bits per heavy atom. The Labute approximate surface area is 205 Å². The van der Waals surface area contributed by atoms with Gasteiger partial charge in [0.05, 0.1) is 35.5 Å². The second kappa shape index (κ2) is 10.6. The average Bonchev–Trinajstić information content (AvgIpc) is 3.54. The lowest BCUT2D eigenvalue weighted by Gasteiger charge is -2.20. The van der Waals surface area contributed by atoms with Gasteiger partial charge >= 0.3 is 0 Å². The summed E-state index contributed by atoms with van der Waals surface area (Å²) in [5.41, 5.74) is 2.68. The molecule has 0 aliphatic carbocycles. The molecule has 4 aromatic rings. The molecule has 0 spiro atoms. The van der Waals surface area contributed by atoms with Crippen LogP contribution in [0.4, 0.5) is 5.69 Å². The molecular weight excluding hydrogens is 474 g/mol. The number of rotatable bonds is 8. The fourth-order valence-corrected chi connectivity index (χ4v) is 4.24. The lowest BCUT2D eigenvalue weighted by molar-refractivity contribution is -0.115. The van der Waals surface area contributed by atoms with Crippen LogP contribution in [0.1, 0.15) is 21.7 Å². The lowest BCUT2D eigenvalue weighted by Crippen LogP contribution is -2.31. The van der Waals surface area contributed by atoms with Gasteiger partial charge in [-0.3, -0.25) is 14.2 Å². The summed E-state index contributed by atoms with van der Waals surface area (Å²) >= 11 is 7.51. The molecule has 0 atom stereocenters. The minimum atomic E-state index is -0.296. The maximum atomic E-state index is 13.0. The van der Waals surface area contributed by atoms with Gasteiger partial charge in [0.15, 0.2) is 5.16 Å². The number of para-hydroxylation sites is 1. The molecule has 0 aliphatic heterocycles. The van der Waals surface area contributed by atoms with E-state index in [4.69, 9.17) is 16.0 Å². The summed E-state index contributed by atoms with van der Waals surface area (Å²) in [4.78, 5) is 27.2. The molecule has 2 aromatic carbocycles. The smallest absolute Gasteiger partial charge is 0.253 e. The molecule has 10 heteroatoms. The summed E-state index contributed by atoms with van der Waals surface area (Å²) in [5.74, 6) is 0.269. The molecule has 174 valence electrons. The zero-order chi connectivity index (χ0) is 24.1. The highest BCUT2D eigenvalue weighted by atomic mass is 35.5. The fourth-order valence-electron chi connectivity index (χ4n) is 3.22. The Bertz CT molecular complexity index is 1310. The number of nitrogens with one attached hydrogen (secondary N) is 1. The third-order valence-electron chi connectivity index (χ3n) is 5.16. The summed E-state index contributed by atoms with van der Waals surface area (Å²) in [6, 6.07) is 16.2. The zero-order valence-electron chi connectivity index (χ0n) is 18.6. The minimum absolute atomic E-state index is 0.108. The highest BCUT2D eigenvalue weighted by Crippen LogP contribution is 2.25. The molecule has 0 unspecified atom stereocenters. The van der Waals surface area contributed by atoms with E-state index in [0.717, 1.165) is 11.3 Å². The van der Waals surface area contributed by atoms with E-state index in [2.05, 4.69) is 15.5 Å². The first kappa shape index (κ1) is 23.6. The number of hydrogen-bond donors (Lipinski definition) is 1. The van der Waals surface area contributed by atoms with Gasteiger partial charge in [-0.05, 0) is 48.9 Å². The third kappa shape index (κ3) is 5.32. The van der Waals surface area contributed by atoms with Gasteiger partial charge in [-0.1, -0.05) is 41.6 Å². The number of carbonyl (C=O) groups excluding carboxylic acids is 2. The summed E-state index contributed by atoms with van der Waals surface area (Å²) in [7, 11) is 1.64. The van der Waals surface area contributed by atoms with Gasteiger partial charge in [-0.2, -0.15) is 0 Å². The maximum absolute atomic E-state index is 13.0. The summed E-state index contributed by atoms with van der Waals surface area (Å²) in [5, 5.41) is 12.1. The first-order valence-corrected chi connectivity index (χ1v) is 11.8. The highest BCUT2D eigenvalue weighted by molar-refractivity contribution is 7.99. The van der Waals surface area contributed by atoms with E-state index in [-0.39, 0.29) is 24.1 Å². The van der Waals surface area contributed by atoms with E-state index >= 15 is 0 Å². The number of nitrogens with zero attached hydrogens (tertiary/aromatic N) is 4. The Kier molecular flexibility index (Phi) is 7.34. The Hall–Kier alpha value is -3.56. The third-order valence-corrected chi connectivity index (χ3v) is 6.50. The number of anilines is 1. The fraction of sp³-hybridized carbons (Fsp3) is 0.167. The summed E-state index contributed by atoms with van der Waals surface area (Å²) in [6.07, 6.45) is 3.13. The van der Waals surface area contributed by atoms with Gasteiger partial charge in [0.25, 0.3) is 5.91 Å². The second-order valence-electron chi connectivity index (χ2n) is 7.44. The minimum Gasteiger partial charge on any atom is -0.467 e. The van der Waals surface area contributed by atoms with Gasteiger partial charge in [-0.15, -0.1) is 10.2 Å². The molecule has 8 nitrogen and oxygen atoms in total. The van der Waals surface area contributed by atoms with Crippen molar-refractivity contribution in [2.24, 2.45) is 0 Å². The number of furan rings is 1. The maximum Gasteiger partial charge on any atom is 0.253 e. The normalized spacial score (nSPS) is 10.8. The van der Waals surface area contributed by atoms with E-state index < -0.39 is 0 Å². The predicted octanol–water partition coefficient (Wildman–Crippen LogP) is 4.51. The number of benzene rings is 2. The van der Waals surface area contributed by atoms with Crippen molar-refractivity contribution >= 4 is 40.9 Å². The van der Waals surface area contributed by atoms with Crippen LogP contribution in [0.5, 0.6) is 0 Å². The quantitative estimate of drug-likeness (QED) is 0.361. The van der Waals surface area contributed by atoms with Gasteiger partial charge < -0.3 is 14.6 Å². The van der Waals surface area contributed by atoms with Crippen LogP contribution >= 0.6 is 23.4 Å². The SMILES string of the molecule is Cc1ccc(-n2cnnc2SCC(=O)N(C)c2ccccc2C(=O)NCc2ccco2)cc1Cl. The van der Waals surface area contributed by atoms with Crippen LogP contribution in [-0.4, -0.2) is 39.4 Å². The van der Waals surface area contributed by atoms with Crippen LogP contribution in [0, 0.1) is 6.92 Å². The molecule has 34 heavy (non-hydrogen) atoms. The van der Waals surface area contributed by atoms with E-state index in [1.165, 1.54) is 16.7 Å². The lowest BCUT2D eigenvalue weighted by atomic mass is 10.1. The van der Waals surface area contributed by atoms with E-state index in [1.807, 2.05) is 25.1 Å². The van der Waals surface area contributed by atoms with Gasteiger partial charge in [0.2, 0.25) is 5.91 Å². The van der Waals surface area contributed by atoms with Crippen LogP contribution in [0.2, 0.25) is 5.02 Å². The van der Waals surface area contributed by atoms with Gasteiger partial charge in [0.1, 0.15) is 12.1 Å². The Morgan fingerprint density at radius 2 is 2.00 bits per heavy atom. The number of amides is 2.